The number of rotatable bonds is 3. The van der Waals surface area contributed by atoms with Crippen LogP contribution in [-0.2, 0) is 0 Å². The second-order valence-corrected chi connectivity index (χ2v) is 5.09. The van der Waals surface area contributed by atoms with Crippen molar-refractivity contribution < 1.29 is 0 Å². The summed E-state index contributed by atoms with van der Waals surface area (Å²) in [4.78, 5) is 13.6. The predicted molar refractivity (Wildman–Crippen MR) is 76.8 cm³/mol. The maximum Gasteiger partial charge on any atom is 0.132 e. The highest BCUT2D eigenvalue weighted by atomic mass is 32.1. The lowest BCUT2D eigenvalue weighted by Crippen LogP contribution is -2.52. The van der Waals surface area contributed by atoms with E-state index in [1.807, 2.05) is 13.0 Å². The number of nitrogens with zero attached hydrogens (tertiary/aromatic N) is 4. The Kier molecular flexibility index (Phi) is 4.08. The van der Waals surface area contributed by atoms with Gasteiger partial charge in [0.15, 0.2) is 0 Å². The van der Waals surface area contributed by atoms with E-state index in [4.69, 9.17) is 18.0 Å². The van der Waals surface area contributed by atoms with E-state index in [-0.39, 0.29) is 6.04 Å². The third kappa shape index (κ3) is 2.94. The summed E-state index contributed by atoms with van der Waals surface area (Å²) in [5, 5.41) is 0. The number of aryl methyl sites for hydroxylation is 1. The molecule has 1 saturated heterocycles. The van der Waals surface area contributed by atoms with Crippen LogP contribution >= 0.6 is 12.2 Å². The summed E-state index contributed by atoms with van der Waals surface area (Å²) in [7, 11) is 0. The summed E-state index contributed by atoms with van der Waals surface area (Å²) in [5.41, 5.74) is 6.69. The van der Waals surface area contributed by atoms with E-state index in [2.05, 4.69) is 26.7 Å². The number of nitrogens with two attached hydrogens (primary N) is 1. The van der Waals surface area contributed by atoms with Gasteiger partial charge in [-0.25, -0.2) is 9.97 Å². The topological polar surface area (TPSA) is 58.3 Å². The average molecular weight is 265 g/mol. The van der Waals surface area contributed by atoms with Crippen molar-refractivity contribution in [3.05, 3.63) is 18.1 Å². The standard InChI is InChI=1S/C12H19N5S/c1-9-7-11(15-8-14-9)17-5-3-16(4-6-17)10(2)12(13)18/h7-8,10H,3-6H2,1-2H3,(H2,13,18). The number of anilines is 1. The van der Waals surface area contributed by atoms with Crippen molar-refractivity contribution >= 4 is 23.0 Å². The van der Waals surface area contributed by atoms with Crippen molar-refractivity contribution in [2.24, 2.45) is 5.73 Å². The molecule has 0 bridgehead atoms. The van der Waals surface area contributed by atoms with Crippen LogP contribution in [0.3, 0.4) is 0 Å². The second-order valence-electron chi connectivity index (χ2n) is 4.62. The largest absolute Gasteiger partial charge is 0.392 e. The molecule has 0 saturated carbocycles. The van der Waals surface area contributed by atoms with Gasteiger partial charge in [0.05, 0.1) is 11.0 Å². The molecule has 1 aromatic rings. The number of piperazine rings is 1. The van der Waals surface area contributed by atoms with Crippen molar-refractivity contribution in [1.82, 2.24) is 14.9 Å². The van der Waals surface area contributed by atoms with Crippen LogP contribution in [-0.4, -0.2) is 52.1 Å². The van der Waals surface area contributed by atoms with Crippen LogP contribution in [0.2, 0.25) is 0 Å². The van der Waals surface area contributed by atoms with Crippen LogP contribution in [0.25, 0.3) is 0 Å². The Hall–Kier alpha value is -1.27. The van der Waals surface area contributed by atoms with Crippen molar-refractivity contribution in [2.75, 3.05) is 31.1 Å². The molecule has 1 atom stereocenters. The highest BCUT2D eigenvalue weighted by Gasteiger charge is 2.23. The van der Waals surface area contributed by atoms with Crippen LogP contribution in [0.4, 0.5) is 5.82 Å². The minimum atomic E-state index is 0.175. The van der Waals surface area contributed by atoms with Crippen LogP contribution in [0.5, 0.6) is 0 Å². The zero-order valence-electron chi connectivity index (χ0n) is 10.8. The molecule has 1 aliphatic heterocycles. The predicted octanol–water partition coefficient (Wildman–Crippen LogP) is 0.582. The lowest BCUT2D eigenvalue weighted by Gasteiger charge is -2.38. The summed E-state index contributed by atoms with van der Waals surface area (Å²) in [6.45, 7) is 7.86. The van der Waals surface area contributed by atoms with Gasteiger partial charge in [-0.05, 0) is 13.8 Å². The van der Waals surface area contributed by atoms with Crippen LogP contribution in [0.15, 0.2) is 12.4 Å². The zero-order valence-corrected chi connectivity index (χ0v) is 11.7. The molecule has 2 heterocycles. The number of thiocarbonyl (C=S) groups is 1. The third-order valence-electron chi connectivity index (χ3n) is 3.39. The van der Waals surface area contributed by atoms with Crippen LogP contribution in [0.1, 0.15) is 12.6 Å². The Morgan fingerprint density at radius 2 is 2.00 bits per heavy atom. The van der Waals surface area contributed by atoms with E-state index in [1.165, 1.54) is 0 Å². The summed E-state index contributed by atoms with van der Waals surface area (Å²) >= 11 is 5.04. The van der Waals surface area contributed by atoms with Gasteiger partial charge in [-0.15, -0.1) is 0 Å². The van der Waals surface area contributed by atoms with E-state index < -0.39 is 0 Å². The molecule has 0 aliphatic carbocycles. The first-order chi connectivity index (χ1) is 8.58. The first-order valence-corrected chi connectivity index (χ1v) is 6.55. The van der Waals surface area contributed by atoms with E-state index in [0.717, 1.165) is 37.7 Å². The number of aromatic nitrogens is 2. The van der Waals surface area contributed by atoms with E-state index in [1.54, 1.807) is 6.33 Å². The molecule has 0 radical (unpaired) electrons. The molecule has 1 aromatic heterocycles. The molecule has 6 heteroatoms. The molecular weight excluding hydrogens is 246 g/mol. The van der Waals surface area contributed by atoms with Gasteiger partial charge in [-0.3, -0.25) is 4.90 Å². The van der Waals surface area contributed by atoms with Gasteiger partial charge in [-0.2, -0.15) is 0 Å². The van der Waals surface area contributed by atoms with Crippen molar-refractivity contribution in [1.29, 1.82) is 0 Å². The fourth-order valence-electron chi connectivity index (χ4n) is 2.13. The van der Waals surface area contributed by atoms with Gasteiger partial charge in [0, 0.05) is 37.9 Å². The Bertz CT molecular complexity index is 428. The number of hydrogen-bond acceptors (Lipinski definition) is 5. The second kappa shape index (κ2) is 5.58. The van der Waals surface area contributed by atoms with E-state index in [0.29, 0.717) is 4.99 Å². The third-order valence-corrected chi connectivity index (χ3v) is 3.73. The van der Waals surface area contributed by atoms with Crippen molar-refractivity contribution in [3.8, 4) is 0 Å². The Morgan fingerprint density at radius 3 is 2.56 bits per heavy atom. The van der Waals surface area contributed by atoms with Gasteiger partial charge in [0.2, 0.25) is 0 Å². The molecular formula is C12H19N5S. The lowest BCUT2D eigenvalue weighted by atomic mass is 10.2. The zero-order chi connectivity index (χ0) is 13.1. The molecule has 1 unspecified atom stereocenters. The quantitative estimate of drug-likeness (QED) is 0.807. The van der Waals surface area contributed by atoms with Gasteiger partial charge in [0.25, 0.3) is 0 Å². The molecule has 0 amide bonds. The summed E-state index contributed by atoms with van der Waals surface area (Å²) in [6, 6.07) is 2.20. The van der Waals surface area contributed by atoms with E-state index in [9.17, 15) is 0 Å². The van der Waals surface area contributed by atoms with E-state index >= 15 is 0 Å². The van der Waals surface area contributed by atoms with Crippen LogP contribution < -0.4 is 10.6 Å². The first kappa shape index (κ1) is 13.2. The fourth-order valence-corrected chi connectivity index (χ4v) is 2.28. The molecule has 0 aromatic carbocycles. The SMILES string of the molecule is Cc1cc(N2CCN(C(C)C(N)=S)CC2)ncn1. The normalized spacial score (nSPS) is 18.7. The smallest absolute Gasteiger partial charge is 0.132 e. The van der Waals surface area contributed by atoms with Gasteiger partial charge >= 0.3 is 0 Å². The monoisotopic (exact) mass is 265 g/mol. The Labute approximate surface area is 113 Å². The maximum atomic E-state index is 5.69. The fraction of sp³-hybridized carbons (Fsp3) is 0.583. The highest BCUT2D eigenvalue weighted by Crippen LogP contribution is 2.14. The molecule has 1 aliphatic rings. The highest BCUT2D eigenvalue weighted by molar-refractivity contribution is 7.80. The Balaban J connectivity index is 1.96. The summed E-state index contributed by atoms with van der Waals surface area (Å²) < 4.78 is 0. The van der Waals surface area contributed by atoms with Gasteiger partial charge < -0.3 is 10.6 Å². The molecule has 2 N–H and O–H groups in total. The molecule has 0 spiro atoms. The Morgan fingerprint density at radius 1 is 1.33 bits per heavy atom. The van der Waals surface area contributed by atoms with Crippen molar-refractivity contribution in [3.63, 3.8) is 0 Å². The minimum absolute atomic E-state index is 0.175. The molecule has 1 fully saturated rings. The average Bonchev–Trinajstić information content (AvgIpc) is 2.38. The molecule has 5 nitrogen and oxygen atoms in total. The summed E-state index contributed by atoms with van der Waals surface area (Å²) in [5.74, 6) is 1.00. The lowest BCUT2D eigenvalue weighted by molar-refractivity contribution is 0.238. The van der Waals surface area contributed by atoms with Crippen molar-refractivity contribution in [2.45, 2.75) is 19.9 Å². The molecule has 18 heavy (non-hydrogen) atoms. The molecule has 98 valence electrons. The van der Waals surface area contributed by atoms with Gasteiger partial charge in [0.1, 0.15) is 12.1 Å². The summed E-state index contributed by atoms with van der Waals surface area (Å²) in [6.07, 6.45) is 1.62. The first-order valence-electron chi connectivity index (χ1n) is 6.15. The minimum Gasteiger partial charge on any atom is -0.392 e. The van der Waals surface area contributed by atoms with Crippen LogP contribution in [0, 0.1) is 6.92 Å². The van der Waals surface area contributed by atoms with Gasteiger partial charge in [-0.1, -0.05) is 12.2 Å². The maximum absolute atomic E-state index is 5.69. The molecule has 2 rings (SSSR count). The number of hydrogen-bond donors (Lipinski definition) is 1.